The summed E-state index contributed by atoms with van der Waals surface area (Å²) < 4.78 is 1.91. The normalized spacial score (nSPS) is 10.8. The number of rotatable bonds is 3. The van der Waals surface area contributed by atoms with Gasteiger partial charge in [-0.15, -0.1) is 0 Å². The van der Waals surface area contributed by atoms with Crippen molar-refractivity contribution in [3.05, 3.63) is 96.6 Å². The highest BCUT2D eigenvalue weighted by Crippen LogP contribution is 2.20. The van der Waals surface area contributed by atoms with Gasteiger partial charge in [0.25, 0.3) is 0 Å². The summed E-state index contributed by atoms with van der Waals surface area (Å²) in [4.78, 5) is 16.9. The molecule has 0 aliphatic heterocycles. The highest BCUT2D eigenvalue weighted by molar-refractivity contribution is 6.08. The Hall–Kier alpha value is -3.20. The molecule has 3 heteroatoms. The zero-order chi connectivity index (χ0) is 15.6. The fourth-order valence-corrected chi connectivity index (χ4v) is 2.74. The van der Waals surface area contributed by atoms with E-state index in [9.17, 15) is 4.79 Å². The second-order valence-corrected chi connectivity index (χ2v) is 5.36. The van der Waals surface area contributed by atoms with E-state index in [-0.39, 0.29) is 5.78 Å². The molecule has 0 spiro atoms. The fraction of sp³-hybridized carbons (Fsp3) is 0. The molecule has 110 valence electrons. The minimum absolute atomic E-state index is 0.0222. The Morgan fingerprint density at radius 3 is 2.48 bits per heavy atom. The fourth-order valence-electron chi connectivity index (χ4n) is 2.74. The molecule has 0 radical (unpaired) electrons. The summed E-state index contributed by atoms with van der Waals surface area (Å²) in [5.41, 5.74) is 4.47. The number of carbonyl (C=O) groups is 1. The lowest BCUT2D eigenvalue weighted by Crippen LogP contribution is -2.04. The average Bonchev–Trinajstić information content (AvgIpc) is 3.06. The van der Waals surface area contributed by atoms with Gasteiger partial charge in [-0.1, -0.05) is 36.4 Å². The molecular weight excluding hydrogens is 284 g/mol. The van der Waals surface area contributed by atoms with Crippen molar-refractivity contribution in [3.8, 4) is 11.1 Å². The lowest BCUT2D eigenvalue weighted by atomic mass is 10.0. The van der Waals surface area contributed by atoms with Gasteiger partial charge in [-0.25, -0.2) is 0 Å². The number of benzene rings is 1. The van der Waals surface area contributed by atoms with Crippen molar-refractivity contribution < 1.29 is 4.79 Å². The summed E-state index contributed by atoms with van der Waals surface area (Å²) >= 11 is 0. The van der Waals surface area contributed by atoms with E-state index in [1.165, 1.54) is 0 Å². The summed E-state index contributed by atoms with van der Waals surface area (Å²) in [7, 11) is 0. The van der Waals surface area contributed by atoms with Crippen LogP contribution in [0.5, 0.6) is 0 Å². The van der Waals surface area contributed by atoms with Gasteiger partial charge in [0.05, 0.1) is 5.69 Å². The Morgan fingerprint density at radius 1 is 0.826 bits per heavy atom. The van der Waals surface area contributed by atoms with Crippen LogP contribution in [0.4, 0.5) is 0 Å². The Balaban J connectivity index is 1.69. The maximum Gasteiger partial charge on any atom is 0.209 e. The first-order valence-electron chi connectivity index (χ1n) is 7.44. The van der Waals surface area contributed by atoms with Gasteiger partial charge in [0.2, 0.25) is 5.78 Å². The molecular formula is C20H14N2O. The second kappa shape index (κ2) is 5.54. The van der Waals surface area contributed by atoms with Crippen LogP contribution in [0, 0.1) is 0 Å². The van der Waals surface area contributed by atoms with E-state index >= 15 is 0 Å². The van der Waals surface area contributed by atoms with E-state index < -0.39 is 0 Å². The van der Waals surface area contributed by atoms with Crippen LogP contribution in [0.2, 0.25) is 0 Å². The van der Waals surface area contributed by atoms with Crippen molar-refractivity contribution in [2.75, 3.05) is 0 Å². The number of hydrogen-bond acceptors (Lipinski definition) is 2. The van der Waals surface area contributed by atoms with Crippen molar-refractivity contribution in [1.82, 2.24) is 9.38 Å². The predicted octanol–water partition coefficient (Wildman–Crippen LogP) is 4.23. The number of carbonyl (C=O) groups excluding carboxylic acids is 1. The van der Waals surface area contributed by atoms with Crippen LogP contribution in [0.3, 0.4) is 0 Å². The third-order valence-corrected chi connectivity index (χ3v) is 3.94. The number of pyridine rings is 2. The van der Waals surface area contributed by atoms with E-state index in [1.54, 1.807) is 6.20 Å². The van der Waals surface area contributed by atoms with Gasteiger partial charge in [0, 0.05) is 29.7 Å². The molecule has 0 saturated heterocycles. The molecule has 3 nitrogen and oxygen atoms in total. The van der Waals surface area contributed by atoms with Crippen LogP contribution in [-0.2, 0) is 0 Å². The molecule has 0 aliphatic carbocycles. The average molecular weight is 298 g/mol. The number of nitrogens with zero attached hydrogens (tertiary/aromatic N) is 2. The molecule has 0 unspecified atom stereocenters. The van der Waals surface area contributed by atoms with Gasteiger partial charge >= 0.3 is 0 Å². The van der Waals surface area contributed by atoms with Gasteiger partial charge in [0.15, 0.2) is 0 Å². The van der Waals surface area contributed by atoms with E-state index in [2.05, 4.69) is 4.98 Å². The second-order valence-electron chi connectivity index (χ2n) is 5.36. The zero-order valence-electron chi connectivity index (χ0n) is 12.4. The van der Waals surface area contributed by atoms with Crippen LogP contribution in [0.25, 0.3) is 16.6 Å². The van der Waals surface area contributed by atoms with E-state index in [0.29, 0.717) is 11.3 Å². The minimum atomic E-state index is 0.0222. The first kappa shape index (κ1) is 13.5. The Morgan fingerprint density at radius 2 is 1.70 bits per heavy atom. The van der Waals surface area contributed by atoms with Crippen LogP contribution >= 0.6 is 0 Å². The molecule has 0 aliphatic rings. The van der Waals surface area contributed by atoms with Crippen LogP contribution < -0.4 is 0 Å². The van der Waals surface area contributed by atoms with Crippen molar-refractivity contribution in [3.63, 3.8) is 0 Å². The Bertz CT molecular complexity index is 969. The SMILES string of the molecule is O=C(c1ccc(-c2cccnc2)cc1)c1ccc2ccccn12. The van der Waals surface area contributed by atoms with Crippen molar-refractivity contribution in [2.24, 2.45) is 0 Å². The minimum Gasteiger partial charge on any atom is -0.314 e. The predicted molar refractivity (Wildman–Crippen MR) is 90.5 cm³/mol. The number of ketones is 1. The van der Waals surface area contributed by atoms with Crippen molar-refractivity contribution >= 4 is 11.3 Å². The lowest BCUT2D eigenvalue weighted by molar-refractivity contribution is 0.103. The van der Waals surface area contributed by atoms with E-state index in [4.69, 9.17) is 0 Å². The molecule has 0 saturated carbocycles. The van der Waals surface area contributed by atoms with Crippen LogP contribution in [0.1, 0.15) is 16.1 Å². The maximum absolute atomic E-state index is 12.7. The molecule has 0 bridgehead atoms. The van der Waals surface area contributed by atoms with Crippen molar-refractivity contribution in [1.29, 1.82) is 0 Å². The molecule has 0 fully saturated rings. The molecule has 0 amide bonds. The lowest BCUT2D eigenvalue weighted by Gasteiger charge is -2.05. The van der Waals surface area contributed by atoms with Gasteiger partial charge in [-0.05, 0) is 41.5 Å². The molecule has 3 aromatic heterocycles. The number of aromatic nitrogens is 2. The maximum atomic E-state index is 12.7. The molecule has 0 atom stereocenters. The molecule has 3 heterocycles. The Labute approximate surface area is 133 Å². The highest BCUT2D eigenvalue weighted by Gasteiger charge is 2.13. The largest absolute Gasteiger partial charge is 0.314 e. The highest BCUT2D eigenvalue weighted by atomic mass is 16.1. The molecule has 23 heavy (non-hydrogen) atoms. The van der Waals surface area contributed by atoms with Gasteiger partial charge in [-0.3, -0.25) is 9.78 Å². The summed E-state index contributed by atoms with van der Waals surface area (Å²) in [6.07, 6.45) is 5.48. The quantitative estimate of drug-likeness (QED) is 0.530. The summed E-state index contributed by atoms with van der Waals surface area (Å²) in [5.74, 6) is 0.0222. The van der Waals surface area contributed by atoms with E-state index in [0.717, 1.165) is 16.6 Å². The van der Waals surface area contributed by atoms with E-state index in [1.807, 2.05) is 83.5 Å². The van der Waals surface area contributed by atoms with Gasteiger partial charge in [0.1, 0.15) is 0 Å². The standard InChI is InChI=1S/C20H14N2O/c23-20(19-11-10-18-5-1-2-13-22(18)19)16-8-6-15(7-9-16)17-4-3-12-21-14-17/h1-14H. The van der Waals surface area contributed by atoms with Crippen LogP contribution in [0.15, 0.2) is 85.3 Å². The number of fused-ring (bicyclic) bond motifs is 1. The summed E-state index contributed by atoms with van der Waals surface area (Å²) in [6.45, 7) is 0. The molecule has 4 aromatic rings. The topological polar surface area (TPSA) is 34.4 Å². The van der Waals surface area contributed by atoms with Gasteiger partial charge < -0.3 is 4.40 Å². The number of hydrogen-bond donors (Lipinski definition) is 0. The summed E-state index contributed by atoms with van der Waals surface area (Å²) in [5, 5.41) is 0. The third kappa shape index (κ3) is 2.42. The molecule has 0 N–H and O–H groups in total. The van der Waals surface area contributed by atoms with Crippen LogP contribution in [-0.4, -0.2) is 15.2 Å². The monoisotopic (exact) mass is 298 g/mol. The molecule has 4 rings (SSSR count). The summed E-state index contributed by atoms with van der Waals surface area (Å²) in [6, 6.07) is 21.3. The van der Waals surface area contributed by atoms with Gasteiger partial charge in [-0.2, -0.15) is 0 Å². The third-order valence-electron chi connectivity index (χ3n) is 3.94. The Kier molecular flexibility index (Phi) is 3.24. The molecule has 1 aromatic carbocycles. The van der Waals surface area contributed by atoms with Crippen molar-refractivity contribution in [2.45, 2.75) is 0 Å². The smallest absolute Gasteiger partial charge is 0.209 e. The zero-order valence-corrected chi connectivity index (χ0v) is 12.4. The first-order valence-corrected chi connectivity index (χ1v) is 7.44. The first-order chi connectivity index (χ1) is 11.3.